The Kier molecular flexibility index (Phi) is 6.36. The Balaban J connectivity index is 1.57. The van der Waals surface area contributed by atoms with Gasteiger partial charge in [0, 0.05) is 23.7 Å². The van der Waals surface area contributed by atoms with Crippen LogP contribution in [0.25, 0.3) is 22.8 Å². The molecule has 0 fully saturated rings. The monoisotopic (exact) mass is 423 g/mol. The van der Waals surface area contributed by atoms with E-state index in [4.69, 9.17) is 14.4 Å². The lowest BCUT2D eigenvalue weighted by Crippen LogP contribution is -2.31. The molecule has 0 radical (unpaired) electrons. The average molecular weight is 424 g/mol. The fraction of sp³-hybridized carbons (Fsp3) is 0.417. The van der Waals surface area contributed by atoms with Gasteiger partial charge in [-0.2, -0.15) is 4.98 Å². The van der Waals surface area contributed by atoms with Crippen molar-refractivity contribution in [2.24, 2.45) is 0 Å². The highest BCUT2D eigenvalue weighted by Gasteiger charge is 2.26. The third kappa shape index (κ3) is 4.63. The smallest absolute Gasteiger partial charge is 0.258 e. The van der Waals surface area contributed by atoms with Gasteiger partial charge < -0.3 is 24.8 Å². The van der Waals surface area contributed by atoms with Gasteiger partial charge in [-0.15, -0.1) is 0 Å². The average Bonchev–Trinajstić information content (AvgIpc) is 3.40. The number of aliphatic hydroxyl groups is 2. The van der Waals surface area contributed by atoms with Crippen LogP contribution in [0.3, 0.4) is 0 Å². The highest BCUT2D eigenvalue weighted by molar-refractivity contribution is 5.66. The summed E-state index contributed by atoms with van der Waals surface area (Å²) in [5, 5.41) is 26.3. The van der Waals surface area contributed by atoms with E-state index in [1.807, 2.05) is 51.1 Å². The zero-order chi connectivity index (χ0) is 22.0. The van der Waals surface area contributed by atoms with Crippen LogP contribution >= 0.6 is 0 Å². The molecule has 0 saturated carbocycles. The topological polar surface area (TPSA) is 101 Å². The number of aryl methyl sites for hydroxylation is 1. The molecule has 1 aliphatic rings. The van der Waals surface area contributed by atoms with Crippen LogP contribution in [0.1, 0.15) is 43.0 Å². The number of hydrogen-bond acceptors (Lipinski definition) is 7. The molecule has 7 heteroatoms. The van der Waals surface area contributed by atoms with E-state index in [9.17, 15) is 5.11 Å². The van der Waals surface area contributed by atoms with Crippen molar-refractivity contribution in [3.05, 3.63) is 53.1 Å². The van der Waals surface area contributed by atoms with Crippen molar-refractivity contribution < 1.29 is 19.5 Å². The Morgan fingerprint density at radius 1 is 1.26 bits per heavy atom. The molecule has 3 aromatic rings. The van der Waals surface area contributed by atoms with Crippen molar-refractivity contribution >= 4 is 0 Å². The molecule has 0 bridgehead atoms. The molecule has 1 heterocycles. The van der Waals surface area contributed by atoms with Gasteiger partial charge in [-0.1, -0.05) is 23.4 Å². The van der Waals surface area contributed by atoms with Crippen LogP contribution in [-0.4, -0.2) is 45.7 Å². The van der Waals surface area contributed by atoms with E-state index in [1.165, 1.54) is 11.1 Å². The second-order valence-corrected chi connectivity index (χ2v) is 8.28. The summed E-state index contributed by atoms with van der Waals surface area (Å²) in [5.41, 5.74) is 5.22. The second kappa shape index (κ2) is 9.18. The summed E-state index contributed by atoms with van der Waals surface area (Å²) < 4.78 is 11.4. The third-order valence-electron chi connectivity index (χ3n) is 5.53. The fourth-order valence-corrected chi connectivity index (χ4v) is 4.04. The van der Waals surface area contributed by atoms with Crippen molar-refractivity contribution in [3.8, 4) is 28.6 Å². The van der Waals surface area contributed by atoms with E-state index in [1.54, 1.807) is 0 Å². The minimum Gasteiger partial charge on any atom is -0.491 e. The highest BCUT2D eigenvalue weighted by Crippen LogP contribution is 2.37. The molecule has 1 aliphatic carbocycles. The molecule has 2 atom stereocenters. The van der Waals surface area contributed by atoms with E-state index in [-0.39, 0.29) is 18.8 Å². The lowest BCUT2D eigenvalue weighted by molar-refractivity contribution is 0.0919. The Labute approximate surface area is 182 Å². The van der Waals surface area contributed by atoms with Crippen molar-refractivity contribution in [3.63, 3.8) is 0 Å². The molecule has 164 valence electrons. The lowest BCUT2D eigenvalue weighted by Gasteiger charge is -2.16. The van der Waals surface area contributed by atoms with Crippen molar-refractivity contribution in [2.75, 3.05) is 13.2 Å². The standard InChI is InChI=1S/C24H29N3O4/c1-14(2)30-22-10-7-16(11-15(22)3)24-26-23(27-31-24)20-6-4-5-19-18(20)8-9-21(19)25-12-17(29)13-28/h4-7,10-11,14,17,21,25,28-29H,8-9,12-13H2,1-3H3/t17-,21?/m1/s1. The number of fused-ring (bicyclic) bond motifs is 1. The van der Waals surface area contributed by atoms with E-state index in [0.717, 1.165) is 35.3 Å². The van der Waals surface area contributed by atoms with Crippen LogP contribution in [0.15, 0.2) is 40.9 Å². The van der Waals surface area contributed by atoms with Gasteiger partial charge in [0.1, 0.15) is 5.75 Å². The summed E-state index contributed by atoms with van der Waals surface area (Å²) in [5.74, 6) is 1.90. The minimum absolute atomic E-state index is 0.116. The zero-order valence-electron chi connectivity index (χ0n) is 18.1. The van der Waals surface area contributed by atoms with Gasteiger partial charge in [-0.25, -0.2) is 0 Å². The van der Waals surface area contributed by atoms with Gasteiger partial charge in [0.25, 0.3) is 5.89 Å². The zero-order valence-corrected chi connectivity index (χ0v) is 18.1. The summed E-state index contributed by atoms with van der Waals surface area (Å²) in [6.07, 6.45) is 1.17. The first-order valence-electron chi connectivity index (χ1n) is 10.7. The van der Waals surface area contributed by atoms with Gasteiger partial charge in [-0.05, 0) is 68.5 Å². The molecule has 2 aromatic carbocycles. The molecular formula is C24H29N3O4. The largest absolute Gasteiger partial charge is 0.491 e. The molecule has 0 spiro atoms. The van der Waals surface area contributed by atoms with Gasteiger partial charge in [0.2, 0.25) is 5.82 Å². The number of aliphatic hydroxyl groups excluding tert-OH is 2. The van der Waals surface area contributed by atoms with Crippen LogP contribution in [0.5, 0.6) is 5.75 Å². The van der Waals surface area contributed by atoms with Crippen molar-refractivity contribution in [2.45, 2.75) is 51.9 Å². The molecule has 0 amide bonds. The quantitative estimate of drug-likeness (QED) is 0.510. The SMILES string of the molecule is Cc1cc(-c2nc(-c3cccc4c3CCC4NC[C@@H](O)CO)no2)ccc1OC(C)C. The number of nitrogens with one attached hydrogen (secondary N) is 1. The summed E-state index contributed by atoms with van der Waals surface area (Å²) >= 11 is 0. The molecule has 1 aromatic heterocycles. The van der Waals surface area contributed by atoms with Crippen molar-refractivity contribution in [1.29, 1.82) is 0 Å². The Bertz CT molecular complexity index is 1050. The Morgan fingerprint density at radius 2 is 2.10 bits per heavy atom. The molecule has 0 aliphatic heterocycles. The summed E-state index contributed by atoms with van der Waals surface area (Å²) in [7, 11) is 0. The predicted octanol–water partition coefficient (Wildman–Crippen LogP) is 3.43. The summed E-state index contributed by atoms with van der Waals surface area (Å²) in [6.45, 7) is 6.12. The molecule has 31 heavy (non-hydrogen) atoms. The molecule has 4 rings (SSSR count). The van der Waals surface area contributed by atoms with Crippen LogP contribution < -0.4 is 10.1 Å². The maximum absolute atomic E-state index is 9.64. The van der Waals surface area contributed by atoms with Crippen LogP contribution in [0.2, 0.25) is 0 Å². The first kappa shape index (κ1) is 21.5. The number of hydrogen-bond donors (Lipinski definition) is 3. The number of rotatable bonds is 8. The number of benzene rings is 2. The van der Waals surface area contributed by atoms with E-state index < -0.39 is 6.10 Å². The van der Waals surface area contributed by atoms with Gasteiger partial charge in [-0.3, -0.25) is 0 Å². The van der Waals surface area contributed by atoms with E-state index >= 15 is 0 Å². The number of nitrogens with zero attached hydrogens (tertiary/aromatic N) is 2. The minimum atomic E-state index is -0.757. The second-order valence-electron chi connectivity index (χ2n) is 8.28. The van der Waals surface area contributed by atoms with E-state index in [2.05, 4.69) is 21.5 Å². The van der Waals surface area contributed by atoms with Crippen molar-refractivity contribution in [1.82, 2.24) is 15.5 Å². The number of ether oxygens (including phenoxy) is 1. The number of aromatic nitrogens is 2. The maximum Gasteiger partial charge on any atom is 0.258 e. The van der Waals surface area contributed by atoms with Crippen LogP contribution in [0, 0.1) is 6.92 Å². The predicted molar refractivity (Wildman–Crippen MR) is 118 cm³/mol. The van der Waals surface area contributed by atoms with Gasteiger partial charge >= 0.3 is 0 Å². The molecule has 3 N–H and O–H groups in total. The first-order chi connectivity index (χ1) is 15.0. The molecular weight excluding hydrogens is 394 g/mol. The Morgan fingerprint density at radius 3 is 2.84 bits per heavy atom. The van der Waals surface area contributed by atoms with Crippen LogP contribution in [-0.2, 0) is 6.42 Å². The molecule has 0 saturated heterocycles. The fourth-order valence-electron chi connectivity index (χ4n) is 4.04. The lowest BCUT2D eigenvalue weighted by atomic mass is 10.0. The summed E-state index contributed by atoms with van der Waals surface area (Å²) in [4.78, 5) is 4.66. The molecule has 7 nitrogen and oxygen atoms in total. The molecule has 1 unspecified atom stereocenters. The van der Waals surface area contributed by atoms with E-state index in [0.29, 0.717) is 18.3 Å². The first-order valence-corrected chi connectivity index (χ1v) is 10.7. The highest BCUT2D eigenvalue weighted by atomic mass is 16.5. The maximum atomic E-state index is 9.64. The Hall–Kier alpha value is -2.74. The normalized spacial score (nSPS) is 16.5. The summed E-state index contributed by atoms with van der Waals surface area (Å²) in [6, 6.07) is 12.1. The van der Waals surface area contributed by atoms with Gasteiger partial charge in [0.15, 0.2) is 0 Å². The van der Waals surface area contributed by atoms with Crippen LogP contribution in [0.4, 0.5) is 0 Å². The third-order valence-corrected chi connectivity index (χ3v) is 5.53. The van der Waals surface area contributed by atoms with Gasteiger partial charge in [0.05, 0.1) is 18.8 Å².